The lowest BCUT2D eigenvalue weighted by molar-refractivity contribution is 1.01. The topological polar surface area (TPSA) is 0 Å². The minimum Gasteiger partial charge on any atom is -0.0952 e. The molecule has 0 nitrogen and oxygen atoms in total. The first-order valence-corrected chi connectivity index (χ1v) is 7.29. The van der Waals surface area contributed by atoms with Crippen LogP contribution in [0.25, 0.3) is 5.57 Å². The highest BCUT2D eigenvalue weighted by Crippen LogP contribution is 2.23. The highest BCUT2D eigenvalue weighted by molar-refractivity contribution is 5.66. The molecule has 104 valence electrons. The third kappa shape index (κ3) is 3.39. The maximum absolute atomic E-state index is 4.27. The van der Waals surface area contributed by atoms with E-state index >= 15 is 0 Å². The summed E-state index contributed by atoms with van der Waals surface area (Å²) in [5.74, 6) is 0. The van der Waals surface area contributed by atoms with Crippen molar-refractivity contribution in [3.8, 4) is 0 Å². The quantitative estimate of drug-likeness (QED) is 0.677. The Labute approximate surface area is 123 Å². The average Bonchev–Trinajstić information content (AvgIpc) is 2.40. The summed E-state index contributed by atoms with van der Waals surface area (Å²) in [6.07, 6.45) is 2.08. The van der Waals surface area contributed by atoms with E-state index in [1.165, 1.54) is 39.0 Å². The minimum atomic E-state index is 1.02. The summed E-state index contributed by atoms with van der Waals surface area (Å²) in [5, 5.41) is 0. The lowest BCUT2D eigenvalue weighted by atomic mass is 9.94. The van der Waals surface area contributed by atoms with Gasteiger partial charge in [0.15, 0.2) is 0 Å². The van der Waals surface area contributed by atoms with Crippen LogP contribution < -0.4 is 0 Å². The summed E-state index contributed by atoms with van der Waals surface area (Å²) >= 11 is 0. The Morgan fingerprint density at radius 3 is 2.25 bits per heavy atom. The van der Waals surface area contributed by atoms with E-state index in [0.29, 0.717) is 0 Å². The Kier molecular flexibility index (Phi) is 4.44. The van der Waals surface area contributed by atoms with E-state index in [2.05, 4.69) is 70.7 Å². The van der Waals surface area contributed by atoms with Crippen molar-refractivity contribution in [3.63, 3.8) is 0 Å². The van der Waals surface area contributed by atoms with E-state index in [0.717, 1.165) is 12.8 Å². The first-order valence-electron chi connectivity index (χ1n) is 7.29. The van der Waals surface area contributed by atoms with Crippen LogP contribution in [0.1, 0.15) is 39.8 Å². The molecule has 0 aromatic heterocycles. The summed E-state index contributed by atoms with van der Waals surface area (Å²) < 4.78 is 0. The van der Waals surface area contributed by atoms with Crippen molar-refractivity contribution < 1.29 is 0 Å². The number of allylic oxidation sites excluding steroid dienone is 1. The zero-order chi connectivity index (χ0) is 14.7. The fraction of sp³-hybridized carbons (Fsp3) is 0.300. The van der Waals surface area contributed by atoms with E-state index in [1.807, 2.05) is 0 Å². The second kappa shape index (κ2) is 6.09. The van der Waals surface area contributed by atoms with Gasteiger partial charge in [-0.1, -0.05) is 48.5 Å². The predicted octanol–water partition coefficient (Wildman–Crippen LogP) is 5.57. The zero-order valence-electron chi connectivity index (χ0n) is 13.1. The van der Waals surface area contributed by atoms with E-state index in [1.54, 1.807) is 0 Å². The Balaban J connectivity index is 2.06. The molecule has 2 aromatic rings. The van der Waals surface area contributed by atoms with Gasteiger partial charge in [0.25, 0.3) is 0 Å². The van der Waals surface area contributed by atoms with Crippen molar-refractivity contribution in [2.75, 3.05) is 0 Å². The molecule has 0 spiro atoms. The van der Waals surface area contributed by atoms with Gasteiger partial charge in [0, 0.05) is 0 Å². The monoisotopic (exact) mass is 264 g/mol. The number of aryl methyl sites for hydroxylation is 5. The normalized spacial score (nSPS) is 10.6. The Hall–Kier alpha value is -1.82. The van der Waals surface area contributed by atoms with Crippen LogP contribution in [0.5, 0.6) is 0 Å². The van der Waals surface area contributed by atoms with E-state index in [4.69, 9.17) is 0 Å². The van der Waals surface area contributed by atoms with Gasteiger partial charge in [-0.05, 0) is 73.9 Å². The number of hydrogen-bond acceptors (Lipinski definition) is 0. The summed E-state index contributed by atoms with van der Waals surface area (Å²) in [6.45, 7) is 12.9. The van der Waals surface area contributed by atoms with Crippen LogP contribution in [-0.2, 0) is 6.42 Å². The van der Waals surface area contributed by atoms with Gasteiger partial charge in [-0.3, -0.25) is 0 Å². The SMILES string of the molecule is C=C(CCc1ccc(C)c(C)c1)c1ccc(C)cc1C. The molecule has 0 heterocycles. The molecule has 0 N–H and O–H groups in total. The molecular formula is C20H24. The molecule has 0 radical (unpaired) electrons. The molecule has 2 rings (SSSR count). The summed E-state index contributed by atoms with van der Waals surface area (Å²) in [7, 11) is 0. The fourth-order valence-electron chi connectivity index (χ4n) is 2.60. The van der Waals surface area contributed by atoms with Gasteiger partial charge in [0.1, 0.15) is 0 Å². The summed E-state index contributed by atoms with van der Waals surface area (Å²) in [6, 6.07) is 13.3. The number of rotatable bonds is 4. The lowest BCUT2D eigenvalue weighted by Gasteiger charge is -2.11. The van der Waals surface area contributed by atoms with Crippen molar-refractivity contribution in [2.45, 2.75) is 40.5 Å². The van der Waals surface area contributed by atoms with Gasteiger partial charge in [-0.15, -0.1) is 0 Å². The van der Waals surface area contributed by atoms with Crippen molar-refractivity contribution in [2.24, 2.45) is 0 Å². The Bertz CT molecular complexity index is 632. The molecule has 0 saturated carbocycles. The minimum absolute atomic E-state index is 1.02. The van der Waals surface area contributed by atoms with Crippen molar-refractivity contribution in [3.05, 3.63) is 76.4 Å². The van der Waals surface area contributed by atoms with Crippen LogP contribution in [-0.4, -0.2) is 0 Å². The third-order valence-corrected chi connectivity index (χ3v) is 4.05. The molecule has 0 aliphatic carbocycles. The van der Waals surface area contributed by atoms with Gasteiger partial charge in [0.05, 0.1) is 0 Å². The summed E-state index contributed by atoms with van der Waals surface area (Å²) in [4.78, 5) is 0. The lowest BCUT2D eigenvalue weighted by Crippen LogP contribution is -1.93. The van der Waals surface area contributed by atoms with Crippen LogP contribution in [0.4, 0.5) is 0 Å². The molecule has 20 heavy (non-hydrogen) atoms. The summed E-state index contributed by atoms with van der Waals surface area (Å²) in [5.41, 5.74) is 9.32. The Morgan fingerprint density at radius 2 is 1.60 bits per heavy atom. The first kappa shape index (κ1) is 14.6. The van der Waals surface area contributed by atoms with Gasteiger partial charge in [-0.25, -0.2) is 0 Å². The number of hydrogen-bond donors (Lipinski definition) is 0. The average molecular weight is 264 g/mol. The van der Waals surface area contributed by atoms with Gasteiger partial charge < -0.3 is 0 Å². The van der Waals surface area contributed by atoms with Crippen molar-refractivity contribution in [1.29, 1.82) is 0 Å². The van der Waals surface area contributed by atoms with Gasteiger partial charge in [0.2, 0.25) is 0 Å². The fourth-order valence-corrected chi connectivity index (χ4v) is 2.60. The third-order valence-electron chi connectivity index (χ3n) is 4.05. The standard InChI is InChI=1S/C20H24/c1-14-6-11-20(18(5)12-14)16(3)8-10-19-9-7-15(2)17(4)13-19/h6-7,9,11-13H,3,8,10H2,1-2,4-5H3. The zero-order valence-corrected chi connectivity index (χ0v) is 13.1. The maximum atomic E-state index is 4.27. The molecule has 0 aliphatic heterocycles. The van der Waals surface area contributed by atoms with E-state index in [-0.39, 0.29) is 0 Å². The van der Waals surface area contributed by atoms with Crippen molar-refractivity contribution in [1.82, 2.24) is 0 Å². The molecule has 0 atom stereocenters. The number of benzene rings is 2. The van der Waals surface area contributed by atoms with Gasteiger partial charge in [-0.2, -0.15) is 0 Å². The van der Waals surface area contributed by atoms with Crippen molar-refractivity contribution >= 4 is 5.57 Å². The molecular weight excluding hydrogens is 240 g/mol. The molecule has 0 unspecified atom stereocenters. The predicted molar refractivity (Wildman–Crippen MR) is 89.2 cm³/mol. The molecule has 0 bridgehead atoms. The second-order valence-electron chi connectivity index (χ2n) is 5.84. The van der Waals surface area contributed by atoms with Crippen LogP contribution in [0, 0.1) is 27.7 Å². The molecule has 2 aromatic carbocycles. The Morgan fingerprint density at radius 1 is 0.850 bits per heavy atom. The van der Waals surface area contributed by atoms with Crippen LogP contribution in [0.15, 0.2) is 43.0 Å². The molecule has 0 heteroatoms. The second-order valence-corrected chi connectivity index (χ2v) is 5.84. The first-order chi connectivity index (χ1) is 9.47. The van der Waals surface area contributed by atoms with Crippen LogP contribution in [0.3, 0.4) is 0 Å². The van der Waals surface area contributed by atoms with Crippen LogP contribution in [0.2, 0.25) is 0 Å². The smallest absolute Gasteiger partial charge is 0.0201 e. The van der Waals surface area contributed by atoms with E-state index in [9.17, 15) is 0 Å². The van der Waals surface area contributed by atoms with Crippen LogP contribution >= 0.6 is 0 Å². The largest absolute Gasteiger partial charge is 0.0952 e. The molecule has 0 amide bonds. The van der Waals surface area contributed by atoms with E-state index < -0.39 is 0 Å². The highest BCUT2D eigenvalue weighted by atomic mass is 14.1. The van der Waals surface area contributed by atoms with Gasteiger partial charge >= 0.3 is 0 Å². The molecule has 0 fully saturated rings. The molecule has 0 aliphatic rings. The maximum Gasteiger partial charge on any atom is -0.0201 e. The molecule has 0 saturated heterocycles. The highest BCUT2D eigenvalue weighted by Gasteiger charge is 2.04.